The van der Waals surface area contributed by atoms with Crippen LogP contribution in [0.2, 0.25) is 5.02 Å². The van der Waals surface area contributed by atoms with E-state index < -0.39 is 17.6 Å². The van der Waals surface area contributed by atoms with Gasteiger partial charge in [0.1, 0.15) is 0 Å². The predicted octanol–water partition coefficient (Wildman–Crippen LogP) is 6.01. The molecule has 134 valence electrons. The van der Waals surface area contributed by atoms with Crippen molar-refractivity contribution in [2.45, 2.75) is 6.18 Å². The maximum Gasteiger partial charge on any atom is 0.418 e. The molecule has 1 fully saturated rings. The molecule has 9 heteroatoms. The molecule has 0 aliphatic carbocycles. The molecule has 1 saturated heterocycles. The molecule has 1 N–H and O–H groups in total. The van der Waals surface area contributed by atoms with Gasteiger partial charge in [-0.05, 0) is 53.7 Å². The van der Waals surface area contributed by atoms with Crippen molar-refractivity contribution in [3.05, 3.63) is 68.0 Å². The summed E-state index contributed by atoms with van der Waals surface area (Å²) in [4.78, 5) is 16.3. The van der Waals surface area contributed by atoms with Crippen LogP contribution < -0.4 is 5.32 Å². The molecule has 3 nitrogen and oxygen atoms in total. The molecule has 0 spiro atoms. The van der Waals surface area contributed by atoms with E-state index in [0.29, 0.717) is 4.91 Å². The third-order valence-corrected chi connectivity index (χ3v) is 4.92. The maximum atomic E-state index is 13.1. The summed E-state index contributed by atoms with van der Waals surface area (Å²) in [6, 6.07) is 10.6. The summed E-state index contributed by atoms with van der Waals surface area (Å²) in [5.74, 6) is -0.420. The molecule has 0 radical (unpaired) electrons. The molecule has 0 saturated carbocycles. The van der Waals surface area contributed by atoms with Gasteiger partial charge in [0.15, 0.2) is 5.17 Å². The average Bonchev–Trinajstić information content (AvgIpc) is 2.87. The van der Waals surface area contributed by atoms with Crippen LogP contribution >= 0.6 is 39.3 Å². The number of halogens is 5. The molecular weight excluding hydrogens is 453 g/mol. The number of hydrogen-bond acceptors (Lipinski definition) is 3. The fourth-order valence-corrected chi connectivity index (χ4v) is 3.59. The van der Waals surface area contributed by atoms with Crippen molar-refractivity contribution in [3.8, 4) is 0 Å². The Labute approximate surface area is 164 Å². The van der Waals surface area contributed by atoms with Crippen LogP contribution in [0.3, 0.4) is 0 Å². The third-order valence-electron chi connectivity index (χ3n) is 3.28. The normalized spacial score (nSPS) is 17.8. The Hall–Kier alpha value is -1.77. The number of aliphatic imine (C=N–C) groups is 1. The Morgan fingerprint density at radius 2 is 1.96 bits per heavy atom. The molecule has 0 atom stereocenters. The predicted molar refractivity (Wildman–Crippen MR) is 101 cm³/mol. The van der Waals surface area contributed by atoms with Crippen LogP contribution in [0.5, 0.6) is 0 Å². The van der Waals surface area contributed by atoms with Crippen LogP contribution in [-0.2, 0) is 11.0 Å². The minimum Gasteiger partial charge on any atom is -0.300 e. The minimum absolute atomic E-state index is 0.0420. The van der Waals surface area contributed by atoms with Gasteiger partial charge in [-0.25, -0.2) is 4.99 Å². The highest BCUT2D eigenvalue weighted by Crippen LogP contribution is 2.39. The lowest BCUT2D eigenvalue weighted by Gasteiger charge is -2.10. The van der Waals surface area contributed by atoms with Gasteiger partial charge in [-0.3, -0.25) is 4.79 Å². The van der Waals surface area contributed by atoms with E-state index in [1.54, 1.807) is 6.08 Å². The summed E-state index contributed by atoms with van der Waals surface area (Å²) in [7, 11) is 0. The van der Waals surface area contributed by atoms with Gasteiger partial charge in [0, 0.05) is 9.50 Å². The highest BCUT2D eigenvalue weighted by Gasteiger charge is 2.34. The van der Waals surface area contributed by atoms with Crippen LogP contribution in [0.25, 0.3) is 6.08 Å². The van der Waals surface area contributed by atoms with Crippen molar-refractivity contribution in [3.63, 3.8) is 0 Å². The quantitative estimate of drug-likeness (QED) is 0.556. The Morgan fingerprint density at radius 1 is 1.19 bits per heavy atom. The van der Waals surface area contributed by atoms with Crippen molar-refractivity contribution < 1.29 is 18.0 Å². The Kier molecular flexibility index (Phi) is 5.45. The maximum absolute atomic E-state index is 13.1. The lowest BCUT2D eigenvalue weighted by Crippen LogP contribution is -2.19. The van der Waals surface area contributed by atoms with E-state index in [2.05, 4.69) is 26.2 Å². The fourth-order valence-electron chi connectivity index (χ4n) is 2.17. The number of rotatable bonds is 2. The van der Waals surface area contributed by atoms with Gasteiger partial charge in [0.2, 0.25) is 0 Å². The molecular formula is C17H9BrClF3N2OS. The second-order valence-electron chi connectivity index (χ2n) is 5.20. The second-order valence-corrected chi connectivity index (χ2v) is 7.58. The van der Waals surface area contributed by atoms with Crippen molar-refractivity contribution in [2.24, 2.45) is 4.99 Å². The highest BCUT2D eigenvalue weighted by atomic mass is 79.9. The number of carbonyl (C=O) groups excluding carboxylic acids is 1. The van der Waals surface area contributed by atoms with Crippen LogP contribution in [-0.4, -0.2) is 11.1 Å². The van der Waals surface area contributed by atoms with E-state index in [9.17, 15) is 18.0 Å². The Morgan fingerprint density at radius 3 is 2.65 bits per heavy atom. The van der Waals surface area contributed by atoms with Gasteiger partial charge < -0.3 is 5.32 Å². The van der Waals surface area contributed by atoms with E-state index in [-0.39, 0.29) is 15.9 Å². The molecule has 0 aromatic heterocycles. The molecule has 2 aromatic carbocycles. The van der Waals surface area contributed by atoms with Crippen LogP contribution in [0.4, 0.5) is 18.9 Å². The largest absolute Gasteiger partial charge is 0.418 e. The van der Waals surface area contributed by atoms with Gasteiger partial charge in [-0.2, -0.15) is 13.2 Å². The van der Waals surface area contributed by atoms with Crippen LogP contribution in [0, 0.1) is 0 Å². The van der Waals surface area contributed by atoms with E-state index in [4.69, 9.17) is 11.6 Å². The SMILES string of the molecule is O=C1NC(=Nc2ccc(Cl)cc2C(F)(F)F)SC1=Cc1cccc(Br)c1. The number of carbonyl (C=O) groups is 1. The number of nitrogens with zero attached hydrogens (tertiary/aromatic N) is 1. The fraction of sp³-hybridized carbons (Fsp3) is 0.0588. The second kappa shape index (κ2) is 7.46. The van der Waals surface area contributed by atoms with Crippen molar-refractivity contribution >= 4 is 62.1 Å². The molecule has 0 unspecified atom stereocenters. The Balaban J connectivity index is 1.92. The first-order chi connectivity index (χ1) is 12.2. The van der Waals surface area contributed by atoms with E-state index in [1.165, 1.54) is 12.1 Å². The summed E-state index contributed by atoms with van der Waals surface area (Å²) in [6.45, 7) is 0. The first-order valence-electron chi connectivity index (χ1n) is 7.14. The Bertz CT molecular complexity index is 944. The topological polar surface area (TPSA) is 41.5 Å². The zero-order valence-electron chi connectivity index (χ0n) is 12.8. The molecule has 2 aromatic rings. The zero-order valence-corrected chi connectivity index (χ0v) is 15.9. The van der Waals surface area contributed by atoms with Crippen LogP contribution in [0.1, 0.15) is 11.1 Å². The van der Waals surface area contributed by atoms with Gasteiger partial charge in [-0.1, -0.05) is 39.7 Å². The lowest BCUT2D eigenvalue weighted by molar-refractivity contribution is -0.137. The van der Waals surface area contributed by atoms with Gasteiger partial charge in [-0.15, -0.1) is 0 Å². The number of nitrogens with one attached hydrogen (secondary N) is 1. The van der Waals surface area contributed by atoms with Crippen LogP contribution in [0.15, 0.2) is 56.8 Å². The van der Waals surface area contributed by atoms with Crippen molar-refractivity contribution in [1.29, 1.82) is 0 Å². The molecule has 1 aliphatic heterocycles. The van der Waals surface area contributed by atoms with Crippen molar-refractivity contribution in [2.75, 3.05) is 0 Å². The molecule has 1 aliphatic rings. The molecule has 0 bridgehead atoms. The standard InChI is InChI=1S/C17H9BrClF3N2OS/c18-10-3-1-2-9(6-10)7-14-15(25)24-16(26-14)23-13-5-4-11(19)8-12(13)17(20,21)22/h1-8H,(H,23,24,25). The summed E-state index contributed by atoms with van der Waals surface area (Å²) < 4.78 is 40.3. The molecule has 1 amide bonds. The molecule has 26 heavy (non-hydrogen) atoms. The van der Waals surface area contributed by atoms with E-state index >= 15 is 0 Å². The number of amides is 1. The first-order valence-corrected chi connectivity index (χ1v) is 9.13. The number of alkyl halides is 3. The summed E-state index contributed by atoms with van der Waals surface area (Å²) in [6.07, 6.45) is -2.97. The monoisotopic (exact) mass is 460 g/mol. The highest BCUT2D eigenvalue weighted by molar-refractivity contribution is 9.10. The van der Waals surface area contributed by atoms with Gasteiger partial charge in [0.05, 0.1) is 16.2 Å². The molecule has 3 rings (SSSR count). The number of hydrogen-bond donors (Lipinski definition) is 1. The number of benzene rings is 2. The minimum atomic E-state index is -4.60. The lowest BCUT2D eigenvalue weighted by atomic mass is 10.2. The van der Waals surface area contributed by atoms with Gasteiger partial charge >= 0.3 is 6.18 Å². The number of amidine groups is 1. The summed E-state index contributed by atoms with van der Waals surface area (Å²) >= 11 is 9.96. The first kappa shape index (κ1) is 19.0. The third kappa shape index (κ3) is 4.49. The van der Waals surface area contributed by atoms with Crippen molar-refractivity contribution in [1.82, 2.24) is 5.32 Å². The van der Waals surface area contributed by atoms with E-state index in [0.717, 1.165) is 27.9 Å². The average molecular weight is 462 g/mol. The van der Waals surface area contributed by atoms with E-state index in [1.807, 2.05) is 24.3 Å². The summed E-state index contributed by atoms with van der Waals surface area (Å²) in [5, 5.41) is 2.51. The summed E-state index contributed by atoms with van der Waals surface area (Å²) in [5.41, 5.74) is -0.495. The molecule has 1 heterocycles. The van der Waals surface area contributed by atoms with Gasteiger partial charge in [0.25, 0.3) is 5.91 Å². The number of thioether (sulfide) groups is 1. The smallest absolute Gasteiger partial charge is 0.300 e. The zero-order chi connectivity index (χ0) is 18.9.